The fraction of sp³-hybridized carbons (Fsp3) is 0.750. The molecule has 0 saturated carbocycles. The molecule has 0 saturated heterocycles. The summed E-state index contributed by atoms with van der Waals surface area (Å²) >= 11 is 0. The average Bonchev–Trinajstić information content (AvgIpc) is 2.03. The van der Waals surface area contributed by atoms with Gasteiger partial charge in [0.25, 0.3) is 0 Å². The molecule has 0 radical (unpaired) electrons. The number of hydrogen-bond acceptors (Lipinski definition) is 4. The summed E-state index contributed by atoms with van der Waals surface area (Å²) in [5, 5.41) is 12.9. The molecule has 5 heteroatoms. The van der Waals surface area contributed by atoms with Crippen LogP contribution in [0, 0.1) is 5.92 Å². The third-order valence-corrected chi connectivity index (χ3v) is 1.72. The molecular formula is C8H16N2O3. The van der Waals surface area contributed by atoms with Crippen LogP contribution in [0.3, 0.4) is 0 Å². The number of nitrogens with two attached hydrogens (primary N) is 1. The largest absolute Gasteiger partial charge is 0.399 e. The van der Waals surface area contributed by atoms with Crippen molar-refractivity contribution in [1.82, 2.24) is 0 Å². The molecule has 0 unspecified atom stereocenters. The third kappa shape index (κ3) is 6.10. The van der Waals surface area contributed by atoms with Crippen molar-refractivity contribution in [2.75, 3.05) is 7.11 Å². The molecule has 3 N–H and O–H groups in total. The molecule has 0 aliphatic carbocycles. The van der Waals surface area contributed by atoms with E-state index in [2.05, 4.69) is 9.99 Å². The van der Waals surface area contributed by atoms with Crippen LogP contribution in [0.25, 0.3) is 0 Å². The van der Waals surface area contributed by atoms with Crippen LogP contribution in [0.1, 0.15) is 19.8 Å². The fourth-order valence-corrected chi connectivity index (χ4v) is 0.848. The smallest absolute Gasteiger partial charge is 0.220 e. The number of oxime groups is 1. The first-order valence-electron chi connectivity index (χ1n) is 4.09. The van der Waals surface area contributed by atoms with E-state index in [0.717, 1.165) is 0 Å². The SMILES string of the molecule is CO/N=C/C[C@@H](C)[C@@H](O)CC(N)=O. The van der Waals surface area contributed by atoms with Gasteiger partial charge in [-0.3, -0.25) is 4.79 Å². The number of rotatable bonds is 6. The van der Waals surface area contributed by atoms with E-state index >= 15 is 0 Å². The predicted molar refractivity (Wildman–Crippen MR) is 49.1 cm³/mol. The van der Waals surface area contributed by atoms with Crippen LogP contribution in [0.2, 0.25) is 0 Å². The van der Waals surface area contributed by atoms with Gasteiger partial charge in [-0.25, -0.2) is 0 Å². The van der Waals surface area contributed by atoms with E-state index in [1.165, 1.54) is 7.11 Å². The molecule has 0 heterocycles. The molecule has 0 bridgehead atoms. The minimum atomic E-state index is -0.708. The maximum Gasteiger partial charge on any atom is 0.220 e. The van der Waals surface area contributed by atoms with Gasteiger partial charge in [0, 0.05) is 6.21 Å². The Bertz CT molecular complexity index is 182. The molecule has 0 spiro atoms. The van der Waals surface area contributed by atoms with Gasteiger partial charge in [0.2, 0.25) is 5.91 Å². The highest BCUT2D eigenvalue weighted by Crippen LogP contribution is 2.09. The Hall–Kier alpha value is -1.10. The Morgan fingerprint density at radius 2 is 2.38 bits per heavy atom. The van der Waals surface area contributed by atoms with Crippen molar-refractivity contribution in [3.63, 3.8) is 0 Å². The molecule has 76 valence electrons. The molecule has 0 aromatic rings. The number of carbonyl (C=O) groups is 1. The van der Waals surface area contributed by atoms with Gasteiger partial charge in [0.1, 0.15) is 7.11 Å². The topological polar surface area (TPSA) is 84.9 Å². The molecule has 2 atom stereocenters. The Morgan fingerprint density at radius 3 is 2.85 bits per heavy atom. The summed E-state index contributed by atoms with van der Waals surface area (Å²) in [4.78, 5) is 14.9. The van der Waals surface area contributed by atoms with Gasteiger partial charge in [-0.2, -0.15) is 0 Å². The van der Waals surface area contributed by atoms with Crippen molar-refractivity contribution < 1.29 is 14.7 Å². The second-order valence-electron chi connectivity index (χ2n) is 2.92. The highest BCUT2D eigenvalue weighted by Gasteiger charge is 2.15. The van der Waals surface area contributed by atoms with Crippen LogP contribution in [0.15, 0.2) is 5.16 Å². The number of amides is 1. The second kappa shape index (κ2) is 6.42. The van der Waals surface area contributed by atoms with Crippen molar-refractivity contribution in [3.05, 3.63) is 0 Å². The second-order valence-corrected chi connectivity index (χ2v) is 2.92. The summed E-state index contributed by atoms with van der Waals surface area (Å²) in [6.45, 7) is 1.81. The highest BCUT2D eigenvalue weighted by molar-refractivity contribution is 5.74. The molecule has 5 nitrogen and oxygen atoms in total. The van der Waals surface area contributed by atoms with Crippen molar-refractivity contribution in [3.8, 4) is 0 Å². The molecule has 0 fully saturated rings. The Labute approximate surface area is 77.6 Å². The first-order chi connectivity index (χ1) is 6.07. The number of carbonyl (C=O) groups excluding carboxylic acids is 1. The molecule has 1 amide bonds. The van der Waals surface area contributed by atoms with E-state index in [1.807, 2.05) is 6.92 Å². The zero-order valence-electron chi connectivity index (χ0n) is 7.93. The van der Waals surface area contributed by atoms with Gasteiger partial charge >= 0.3 is 0 Å². The Balaban J connectivity index is 3.74. The van der Waals surface area contributed by atoms with Crippen LogP contribution in [0.5, 0.6) is 0 Å². The van der Waals surface area contributed by atoms with Crippen LogP contribution in [0.4, 0.5) is 0 Å². The molecular weight excluding hydrogens is 172 g/mol. The summed E-state index contributed by atoms with van der Waals surface area (Å²) < 4.78 is 0. The first-order valence-corrected chi connectivity index (χ1v) is 4.09. The van der Waals surface area contributed by atoms with Gasteiger partial charge < -0.3 is 15.7 Å². The molecule has 13 heavy (non-hydrogen) atoms. The number of aliphatic hydroxyl groups excluding tert-OH is 1. The summed E-state index contributed by atoms with van der Waals surface area (Å²) in [7, 11) is 1.45. The van der Waals surface area contributed by atoms with Gasteiger partial charge in [0.05, 0.1) is 12.5 Å². The number of nitrogens with zero attached hydrogens (tertiary/aromatic N) is 1. The quantitative estimate of drug-likeness (QED) is 0.450. The highest BCUT2D eigenvalue weighted by atomic mass is 16.6. The van der Waals surface area contributed by atoms with Crippen molar-refractivity contribution >= 4 is 12.1 Å². The van der Waals surface area contributed by atoms with Crippen LogP contribution in [-0.2, 0) is 9.63 Å². The van der Waals surface area contributed by atoms with Gasteiger partial charge in [0.15, 0.2) is 0 Å². The number of primary amides is 1. The first kappa shape index (κ1) is 11.9. The zero-order valence-corrected chi connectivity index (χ0v) is 7.93. The fourth-order valence-electron chi connectivity index (χ4n) is 0.848. The van der Waals surface area contributed by atoms with E-state index in [9.17, 15) is 9.90 Å². The lowest BCUT2D eigenvalue weighted by Crippen LogP contribution is -2.25. The molecule has 0 aliphatic heterocycles. The number of aliphatic hydroxyl groups is 1. The van der Waals surface area contributed by atoms with Crippen molar-refractivity contribution in [2.45, 2.75) is 25.9 Å². The van der Waals surface area contributed by atoms with Crippen LogP contribution < -0.4 is 5.73 Å². The Morgan fingerprint density at radius 1 is 1.77 bits per heavy atom. The molecule has 0 aliphatic rings. The molecule has 0 aromatic carbocycles. The van der Waals surface area contributed by atoms with E-state index < -0.39 is 12.0 Å². The van der Waals surface area contributed by atoms with Crippen molar-refractivity contribution in [2.24, 2.45) is 16.8 Å². The normalized spacial score (nSPS) is 15.6. The maximum absolute atomic E-state index is 10.4. The lowest BCUT2D eigenvalue weighted by Gasteiger charge is -2.14. The summed E-state index contributed by atoms with van der Waals surface area (Å²) in [6, 6.07) is 0. The maximum atomic E-state index is 10.4. The minimum absolute atomic E-state index is 0.0119. The van der Waals surface area contributed by atoms with Crippen LogP contribution >= 0.6 is 0 Å². The summed E-state index contributed by atoms with van der Waals surface area (Å²) in [5.74, 6) is -0.547. The predicted octanol–water partition coefficient (Wildman–Crippen LogP) is -0.119. The lowest BCUT2D eigenvalue weighted by molar-refractivity contribution is -0.120. The van der Waals surface area contributed by atoms with E-state index in [0.29, 0.717) is 6.42 Å². The zero-order chi connectivity index (χ0) is 10.3. The van der Waals surface area contributed by atoms with E-state index in [4.69, 9.17) is 5.73 Å². The van der Waals surface area contributed by atoms with Crippen molar-refractivity contribution in [1.29, 1.82) is 0 Å². The standard InChI is InChI=1S/C8H16N2O3/c1-6(3-4-10-13-2)7(11)5-8(9)12/h4,6-7,11H,3,5H2,1-2H3,(H2,9,12)/b10-4+/t6-,7+/m1/s1. The van der Waals surface area contributed by atoms with E-state index in [1.54, 1.807) is 6.21 Å². The third-order valence-electron chi connectivity index (χ3n) is 1.72. The van der Waals surface area contributed by atoms with E-state index in [-0.39, 0.29) is 12.3 Å². The monoisotopic (exact) mass is 188 g/mol. The molecule has 0 rings (SSSR count). The summed E-state index contributed by atoms with van der Waals surface area (Å²) in [6.07, 6.45) is 1.39. The Kier molecular flexibility index (Phi) is 5.88. The van der Waals surface area contributed by atoms with Crippen LogP contribution in [-0.4, -0.2) is 30.4 Å². The molecule has 0 aromatic heterocycles. The van der Waals surface area contributed by atoms with Gasteiger partial charge in [-0.05, 0) is 12.3 Å². The minimum Gasteiger partial charge on any atom is -0.399 e. The van der Waals surface area contributed by atoms with Gasteiger partial charge in [-0.15, -0.1) is 0 Å². The average molecular weight is 188 g/mol. The summed E-state index contributed by atoms with van der Waals surface area (Å²) in [5.41, 5.74) is 4.93. The van der Waals surface area contributed by atoms with Gasteiger partial charge in [-0.1, -0.05) is 12.1 Å². The lowest BCUT2D eigenvalue weighted by atomic mass is 9.99. The number of hydrogen-bond donors (Lipinski definition) is 2.